The summed E-state index contributed by atoms with van der Waals surface area (Å²) in [4.78, 5) is 12.4. The number of ether oxygens (including phenoxy) is 2. The molecule has 1 amide bonds. The van der Waals surface area contributed by atoms with Crippen molar-refractivity contribution >= 4 is 11.6 Å². The molecule has 0 bridgehead atoms. The van der Waals surface area contributed by atoms with Gasteiger partial charge in [0.1, 0.15) is 18.3 Å². The molecule has 2 aromatic carbocycles. The fourth-order valence-corrected chi connectivity index (χ4v) is 2.51. The van der Waals surface area contributed by atoms with Gasteiger partial charge in [0.15, 0.2) is 0 Å². The summed E-state index contributed by atoms with van der Waals surface area (Å²) >= 11 is 0. The van der Waals surface area contributed by atoms with Gasteiger partial charge in [-0.25, -0.2) is 0 Å². The zero-order chi connectivity index (χ0) is 15.4. The summed E-state index contributed by atoms with van der Waals surface area (Å²) in [5.41, 5.74) is 2.83. The second-order valence-electron chi connectivity index (χ2n) is 5.22. The van der Waals surface area contributed by atoms with Crippen LogP contribution in [0.15, 0.2) is 48.5 Å². The van der Waals surface area contributed by atoms with Crippen LogP contribution in [0.25, 0.3) is 0 Å². The number of rotatable bonds is 5. The normalized spacial score (nSPS) is 16.0. The Morgan fingerprint density at radius 1 is 1.23 bits per heavy atom. The van der Waals surface area contributed by atoms with E-state index in [2.05, 4.69) is 5.32 Å². The largest absolute Gasteiger partial charge is 0.492 e. The first-order chi connectivity index (χ1) is 10.8. The summed E-state index contributed by atoms with van der Waals surface area (Å²) in [6.45, 7) is 3.65. The van der Waals surface area contributed by atoms with Gasteiger partial charge in [-0.3, -0.25) is 4.79 Å². The van der Waals surface area contributed by atoms with Gasteiger partial charge < -0.3 is 14.8 Å². The van der Waals surface area contributed by atoms with E-state index in [0.29, 0.717) is 19.8 Å². The molecular weight excluding hydrogens is 278 g/mol. The first-order valence-corrected chi connectivity index (χ1v) is 7.47. The van der Waals surface area contributed by atoms with Gasteiger partial charge in [0.25, 0.3) is 0 Å². The molecule has 1 aliphatic rings. The third kappa shape index (κ3) is 3.12. The van der Waals surface area contributed by atoms with E-state index in [0.717, 1.165) is 22.6 Å². The van der Waals surface area contributed by atoms with Crippen molar-refractivity contribution < 1.29 is 14.3 Å². The van der Waals surface area contributed by atoms with Crippen LogP contribution >= 0.6 is 0 Å². The molecule has 114 valence electrons. The summed E-state index contributed by atoms with van der Waals surface area (Å²) in [7, 11) is 0. The molecule has 0 radical (unpaired) electrons. The third-order valence-electron chi connectivity index (χ3n) is 3.71. The summed E-state index contributed by atoms with van der Waals surface area (Å²) in [6.07, 6.45) is 0. The molecule has 0 saturated heterocycles. The van der Waals surface area contributed by atoms with E-state index >= 15 is 0 Å². The van der Waals surface area contributed by atoms with Crippen molar-refractivity contribution in [3.63, 3.8) is 0 Å². The van der Waals surface area contributed by atoms with Gasteiger partial charge in [-0.2, -0.15) is 0 Å². The van der Waals surface area contributed by atoms with Crippen molar-refractivity contribution in [2.24, 2.45) is 0 Å². The van der Waals surface area contributed by atoms with Crippen LogP contribution in [-0.4, -0.2) is 19.1 Å². The number of hydrogen-bond acceptors (Lipinski definition) is 3. The Bertz CT molecular complexity index is 652. The summed E-state index contributed by atoms with van der Waals surface area (Å²) < 4.78 is 10.9. The fourth-order valence-electron chi connectivity index (χ4n) is 2.51. The van der Waals surface area contributed by atoms with Crippen molar-refractivity contribution in [1.82, 2.24) is 0 Å². The van der Waals surface area contributed by atoms with E-state index in [1.54, 1.807) is 0 Å². The Morgan fingerprint density at radius 3 is 2.77 bits per heavy atom. The lowest BCUT2D eigenvalue weighted by Crippen LogP contribution is -2.22. The van der Waals surface area contributed by atoms with Crippen molar-refractivity contribution in [2.75, 3.05) is 18.5 Å². The molecule has 2 aromatic rings. The van der Waals surface area contributed by atoms with Crippen molar-refractivity contribution in [3.8, 4) is 5.75 Å². The van der Waals surface area contributed by atoms with Crippen LogP contribution in [-0.2, 0) is 16.1 Å². The Hall–Kier alpha value is -2.33. The van der Waals surface area contributed by atoms with Gasteiger partial charge in [0.2, 0.25) is 5.91 Å². The van der Waals surface area contributed by atoms with Crippen LogP contribution in [0, 0.1) is 0 Å². The topological polar surface area (TPSA) is 47.6 Å². The smallest absolute Gasteiger partial charge is 0.235 e. The predicted molar refractivity (Wildman–Crippen MR) is 85.1 cm³/mol. The van der Waals surface area contributed by atoms with Gasteiger partial charge in [0, 0.05) is 17.9 Å². The molecule has 22 heavy (non-hydrogen) atoms. The number of nitrogens with one attached hydrogen (secondary N) is 1. The van der Waals surface area contributed by atoms with Gasteiger partial charge in [-0.15, -0.1) is 0 Å². The lowest BCUT2D eigenvalue weighted by molar-refractivity contribution is -0.117. The molecule has 1 N–H and O–H groups in total. The second-order valence-corrected chi connectivity index (χ2v) is 5.22. The average molecular weight is 297 g/mol. The zero-order valence-corrected chi connectivity index (χ0v) is 12.5. The third-order valence-corrected chi connectivity index (χ3v) is 3.71. The second kappa shape index (κ2) is 6.62. The first kappa shape index (κ1) is 14.6. The maximum Gasteiger partial charge on any atom is 0.235 e. The number of anilines is 1. The van der Waals surface area contributed by atoms with E-state index in [9.17, 15) is 4.79 Å². The van der Waals surface area contributed by atoms with Gasteiger partial charge in [-0.1, -0.05) is 30.3 Å². The van der Waals surface area contributed by atoms with Gasteiger partial charge >= 0.3 is 0 Å². The van der Waals surface area contributed by atoms with Gasteiger partial charge in [0.05, 0.1) is 6.61 Å². The molecule has 0 aliphatic carbocycles. The highest BCUT2D eigenvalue weighted by molar-refractivity contribution is 5.96. The van der Waals surface area contributed by atoms with Crippen LogP contribution in [0.1, 0.15) is 24.0 Å². The van der Waals surface area contributed by atoms with E-state index in [-0.39, 0.29) is 11.8 Å². The molecule has 4 heteroatoms. The molecule has 1 aliphatic heterocycles. The monoisotopic (exact) mass is 297 g/mol. The number of para-hydroxylation sites is 1. The molecule has 3 rings (SSSR count). The molecule has 1 atom stereocenters. The SMILES string of the molecule is CCOCc1ccc(NC(=O)[C@@H]2COc3ccccc32)cc1. The van der Waals surface area contributed by atoms with E-state index < -0.39 is 0 Å². The van der Waals surface area contributed by atoms with Crippen molar-refractivity contribution in [1.29, 1.82) is 0 Å². The molecule has 1 heterocycles. The fraction of sp³-hybridized carbons (Fsp3) is 0.278. The summed E-state index contributed by atoms with van der Waals surface area (Å²) in [5.74, 6) is 0.511. The van der Waals surface area contributed by atoms with Crippen LogP contribution in [0.5, 0.6) is 5.75 Å². The molecule has 0 spiro atoms. The minimum Gasteiger partial charge on any atom is -0.492 e. The Morgan fingerprint density at radius 2 is 2.00 bits per heavy atom. The highest BCUT2D eigenvalue weighted by Crippen LogP contribution is 2.34. The number of benzene rings is 2. The van der Waals surface area contributed by atoms with E-state index in [4.69, 9.17) is 9.47 Å². The number of amides is 1. The molecule has 0 aromatic heterocycles. The standard InChI is InChI=1S/C18H19NO3/c1-2-21-11-13-7-9-14(10-8-13)19-18(20)16-12-22-17-6-4-3-5-15(16)17/h3-10,16H,2,11-12H2,1H3,(H,19,20)/t16-/m1/s1. The Kier molecular flexibility index (Phi) is 4.39. The van der Waals surface area contributed by atoms with Crippen molar-refractivity contribution in [2.45, 2.75) is 19.4 Å². The highest BCUT2D eigenvalue weighted by Gasteiger charge is 2.29. The quantitative estimate of drug-likeness (QED) is 0.920. The lowest BCUT2D eigenvalue weighted by atomic mass is 10.0. The maximum atomic E-state index is 12.4. The van der Waals surface area contributed by atoms with E-state index in [1.165, 1.54) is 0 Å². The number of carbonyl (C=O) groups is 1. The van der Waals surface area contributed by atoms with Crippen LogP contribution in [0.3, 0.4) is 0 Å². The molecule has 0 saturated carbocycles. The van der Waals surface area contributed by atoms with E-state index in [1.807, 2.05) is 55.5 Å². The molecule has 4 nitrogen and oxygen atoms in total. The minimum atomic E-state index is -0.251. The van der Waals surface area contributed by atoms with Gasteiger partial charge in [-0.05, 0) is 30.7 Å². The zero-order valence-electron chi connectivity index (χ0n) is 12.5. The molecule has 0 fully saturated rings. The number of carbonyl (C=O) groups excluding carboxylic acids is 1. The molecule has 0 unspecified atom stereocenters. The van der Waals surface area contributed by atoms with Crippen LogP contribution < -0.4 is 10.1 Å². The lowest BCUT2D eigenvalue weighted by Gasteiger charge is -2.11. The Labute approximate surface area is 130 Å². The van der Waals surface area contributed by atoms with Crippen molar-refractivity contribution in [3.05, 3.63) is 59.7 Å². The Balaban J connectivity index is 1.65. The minimum absolute atomic E-state index is 0.0393. The van der Waals surface area contributed by atoms with Crippen LogP contribution in [0.4, 0.5) is 5.69 Å². The average Bonchev–Trinajstić information content (AvgIpc) is 2.98. The number of hydrogen-bond donors (Lipinski definition) is 1. The number of fused-ring (bicyclic) bond motifs is 1. The predicted octanol–water partition coefficient (Wildman–Crippen LogP) is 3.34. The van der Waals surface area contributed by atoms with Crippen LogP contribution in [0.2, 0.25) is 0 Å². The molecular formula is C18H19NO3. The summed E-state index contributed by atoms with van der Waals surface area (Å²) in [5, 5.41) is 2.95. The summed E-state index contributed by atoms with van der Waals surface area (Å²) in [6, 6.07) is 15.4. The highest BCUT2D eigenvalue weighted by atomic mass is 16.5. The maximum absolute atomic E-state index is 12.4. The first-order valence-electron chi connectivity index (χ1n) is 7.47.